The van der Waals surface area contributed by atoms with Gasteiger partial charge in [0.2, 0.25) is 0 Å². The van der Waals surface area contributed by atoms with Gasteiger partial charge in [-0.05, 0) is 46.6 Å². The van der Waals surface area contributed by atoms with Crippen LogP contribution in [0.3, 0.4) is 0 Å². The number of hydrogen-bond acceptors (Lipinski definition) is 5. The van der Waals surface area contributed by atoms with Crippen molar-refractivity contribution in [1.82, 2.24) is 0 Å². The molecule has 0 bridgehead atoms. The first-order valence-corrected chi connectivity index (χ1v) is 8.97. The van der Waals surface area contributed by atoms with E-state index in [1.54, 1.807) is 24.3 Å². The molecule has 0 aliphatic rings. The van der Waals surface area contributed by atoms with Crippen LogP contribution in [0.25, 0.3) is 0 Å². The van der Waals surface area contributed by atoms with Gasteiger partial charge in [0.1, 0.15) is 15.7 Å². The molecule has 1 aromatic heterocycles. The highest BCUT2D eigenvalue weighted by molar-refractivity contribution is 9.11. The maximum Gasteiger partial charge on any atom is 0.271 e. The van der Waals surface area contributed by atoms with Crippen molar-refractivity contribution in [3.8, 4) is 11.5 Å². The van der Waals surface area contributed by atoms with Gasteiger partial charge in [-0.25, -0.2) is 8.42 Å². The third-order valence-corrected chi connectivity index (χ3v) is 6.73. The molecule has 1 N–H and O–H groups in total. The molecule has 0 spiro atoms. The summed E-state index contributed by atoms with van der Waals surface area (Å²) in [7, 11) is -0.678. The zero-order valence-corrected chi connectivity index (χ0v) is 14.9. The number of ether oxygens (including phenoxy) is 2. The van der Waals surface area contributed by atoms with E-state index in [1.807, 2.05) is 6.92 Å². The molecule has 0 aliphatic heterocycles. The summed E-state index contributed by atoms with van der Waals surface area (Å²) < 4.78 is 38.7. The van der Waals surface area contributed by atoms with Gasteiger partial charge in [-0.2, -0.15) is 0 Å². The molecular formula is C13H14BrNO4S2. The van der Waals surface area contributed by atoms with E-state index < -0.39 is 10.0 Å². The molecule has 0 fully saturated rings. The van der Waals surface area contributed by atoms with Crippen LogP contribution >= 0.6 is 27.3 Å². The molecule has 0 aliphatic carbocycles. The van der Waals surface area contributed by atoms with Gasteiger partial charge in [0.15, 0.2) is 0 Å². The molecule has 1 aromatic carbocycles. The van der Waals surface area contributed by atoms with Crippen LogP contribution < -0.4 is 14.2 Å². The van der Waals surface area contributed by atoms with Crippen molar-refractivity contribution in [3.63, 3.8) is 0 Å². The number of nitrogens with one attached hydrogen (secondary N) is 1. The van der Waals surface area contributed by atoms with Crippen molar-refractivity contribution in [3.05, 3.63) is 33.6 Å². The molecule has 0 atom stereocenters. The minimum atomic E-state index is -3.67. The van der Waals surface area contributed by atoms with Crippen molar-refractivity contribution in [2.45, 2.75) is 11.1 Å². The zero-order chi connectivity index (χ0) is 15.6. The van der Waals surface area contributed by atoms with Crippen molar-refractivity contribution in [1.29, 1.82) is 0 Å². The molecule has 0 saturated carbocycles. The van der Waals surface area contributed by atoms with Crippen LogP contribution in [0.2, 0.25) is 0 Å². The van der Waals surface area contributed by atoms with Crippen LogP contribution in [0.4, 0.5) is 5.69 Å². The number of methoxy groups -OCH3 is 2. The van der Waals surface area contributed by atoms with E-state index in [0.717, 1.165) is 20.7 Å². The number of thiophene rings is 1. The first-order valence-electron chi connectivity index (χ1n) is 5.88. The van der Waals surface area contributed by atoms with Crippen molar-refractivity contribution >= 4 is 43.0 Å². The Hall–Kier alpha value is -1.25. The SMILES string of the molecule is COc1ccc(OC)c(NS(=O)(=O)c2cc(C)c(Br)s2)c1. The second kappa shape index (κ2) is 6.25. The van der Waals surface area contributed by atoms with E-state index in [2.05, 4.69) is 20.7 Å². The summed E-state index contributed by atoms with van der Waals surface area (Å²) >= 11 is 4.48. The summed E-state index contributed by atoms with van der Waals surface area (Å²) in [6, 6.07) is 6.53. The number of aryl methyl sites for hydroxylation is 1. The standard InChI is InChI=1S/C13H14BrNO4S2/c1-8-6-12(20-13(8)14)21(16,17)15-10-7-9(18-2)4-5-11(10)19-3/h4-7,15H,1-3H3. The van der Waals surface area contributed by atoms with Crippen LogP contribution in [-0.2, 0) is 10.0 Å². The fraction of sp³-hybridized carbons (Fsp3) is 0.231. The van der Waals surface area contributed by atoms with Crippen LogP contribution in [0.5, 0.6) is 11.5 Å². The lowest BCUT2D eigenvalue weighted by Gasteiger charge is -2.12. The Morgan fingerprint density at radius 2 is 1.90 bits per heavy atom. The second-order valence-corrected chi connectivity index (χ2v) is 8.47. The van der Waals surface area contributed by atoms with Crippen molar-refractivity contribution in [2.24, 2.45) is 0 Å². The average molecular weight is 392 g/mol. The number of sulfonamides is 1. The molecule has 0 unspecified atom stereocenters. The van der Waals surface area contributed by atoms with Crippen molar-refractivity contribution < 1.29 is 17.9 Å². The molecule has 2 rings (SSSR count). The predicted octanol–water partition coefficient (Wildman–Crippen LogP) is 3.64. The Kier molecular flexibility index (Phi) is 4.80. The Morgan fingerprint density at radius 1 is 1.19 bits per heavy atom. The Bertz CT molecular complexity index is 736. The number of anilines is 1. The summed E-state index contributed by atoms with van der Waals surface area (Å²) in [5.41, 5.74) is 1.21. The highest BCUT2D eigenvalue weighted by Crippen LogP contribution is 2.34. The number of rotatable bonds is 5. The summed E-state index contributed by atoms with van der Waals surface area (Å²) in [6.07, 6.45) is 0. The van der Waals surface area contributed by atoms with Crippen LogP contribution in [-0.4, -0.2) is 22.6 Å². The number of benzene rings is 1. The first-order chi connectivity index (χ1) is 9.87. The molecular weight excluding hydrogens is 378 g/mol. The van der Waals surface area contributed by atoms with E-state index >= 15 is 0 Å². The maximum absolute atomic E-state index is 12.4. The minimum absolute atomic E-state index is 0.233. The minimum Gasteiger partial charge on any atom is -0.497 e. The smallest absolute Gasteiger partial charge is 0.271 e. The highest BCUT2D eigenvalue weighted by Gasteiger charge is 2.20. The lowest BCUT2D eigenvalue weighted by atomic mass is 10.3. The first kappa shape index (κ1) is 16.1. The summed E-state index contributed by atoms with van der Waals surface area (Å²) in [5, 5.41) is 0. The summed E-state index contributed by atoms with van der Waals surface area (Å²) in [5.74, 6) is 0.962. The van der Waals surface area contributed by atoms with Crippen LogP contribution in [0, 0.1) is 6.92 Å². The third-order valence-electron chi connectivity index (χ3n) is 2.75. The quantitative estimate of drug-likeness (QED) is 0.844. The largest absolute Gasteiger partial charge is 0.497 e. The molecule has 0 amide bonds. The summed E-state index contributed by atoms with van der Waals surface area (Å²) in [4.78, 5) is 0. The Labute approximate surface area is 136 Å². The van der Waals surface area contributed by atoms with Gasteiger partial charge in [-0.15, -0.1) is 11.3 Å². The van der Waals surface area contributed by atoms with Crippen LogP contribution in [0.1, 0.15) is 5.56 Å². The molecule has 5 nitrogen and oxygen atoms in total. The highest BCUT2D eigenvalue weighted by atomic mass is 79.9. The van der Waals surface area contributed by atoms with E-state index in [-0.39, 0.29) is 4.21 Å². The van der Waals surface area contributed by atoms with Gasteiger partial charge < -0.3 is 9.47 Å². The Balaban J connectivity index is 2.40. The topological polar surface area (TPSA) is 64.6 Å². The average Bonchev–Trinajstić information content (AvgIpc) is 2.79. The Morgan fingerprint density at radius 3 is 2.43 bits per heavy atom. The molecule has 0 radical (unpaired) electrons. The van der Waals surface area contributed by atoms with E-state index in [9.17, 15) is 8.42 Å². The molecule has 114 valence electrons. The van der Waals surface area contributed by atoms with Gasteiger partial charge in [0.25, 0.3) is 10.0 Å². The van der Waals surface area contributed by atoms with Gasteiger partial charge in [-0.1, -0.05) is 0 Å². The molecule has 1 heterocycles. The molecule has 21 heavy (non-hydrogen) atoms. The van der Waals surface area contributed by atoms with Crippen molar-refractivity contribution in [2.75, 3.05) is 18.9 Å². The van der Waals surface area contributed by atoms with E-state index in [4.69, 9.17) is 9.47 Å². The van der Waals surface area contributed by atoms with Gasteiger partial charge >= 0.3 is 0 Å². The normalized spacial score (nSPS) is 11.2. The van der Waals surface area contributed by atoms with Gasteiger partial charge in [0, 0.05) is 6.07 Å². The lowest BCUT2D eigenvalue weighted by Crippen LogP contribution is -2.12. The monoisotopic (exact) mass is 391 g/mol. The number of halogens is 1. The third kappa shape index (κ3) is 3.50. The molecule has 0 saturated heterocycles. The number of hydrogen-bond donors (Lipinski definition) is 1. The predicted molar refractivity (Wildman–Crippen MR) is 87.1 cm³/mol. The molecule has 8 heteroatoms. The van der Waals surface area contributed by atoms with E-state index in [1.165, 1.54) is 14.2 Å². The fourth-order valence-corrected chi connectivity index (χ4v) is 4.94. The zero-order valence-electron chi connectivity index (χ0n) is 11.6. The lowest BCUT2D eigenvalue weighted by molar-refractivity contribution is 0.405. The van der Waals surface area contributed by atoms with E-state index in [0.29, 0.717) is 17.2 Å². The van der Waals surface area contributed by atoms with Gasteiger partial charge in [0.05, 0.1) is 23.7 Å². The second-order valence-electron chi connectivity index (χ2n) is 4.19. The summed E-state index contributed by atoms with van der Waals surface area (Å²) in [6.45, 7) is 1.84. The fourth-order valence-electron chi connectivity index (χ4n) is 1.65. The van der Waals surface area contributed by atoms with Crippen LogP contribution in [0.15, 0.2) is 32.3 Å². The molecule has 2 aromatic rings. The van der Waals surface area contributed by atoms with Gasteiger partial charge in [-0.3, -0.25) is 4.72 Å². The maximum atomic E-state index is 12.4.